The summed E-state index contributed by atoms with van der Waals surface area (Å²) < 4.78 is 51.4. The number of halogens is 2. The van der Waals surface area contributed by atoms with Crippen LogP contribution in [0.2, 0.25) is 0 Å². The maximum atomic E-state index is 12.9. The Kier molecular flexibility index (Phi) is 4.83. The van der Waals surface area contributed by atoms with Gasteiger partial charge in [0.05, 0.1) is 11.4 Å². The molecule has 0 unspecified atom stereocenters. The number of hydrogen-bond acceptors (Lipinski definition) is 4. The van der Waals surface area contributed by atoms with E-state index in [9.17, 15) is 17.2 Å². The zero-order chi connectivity index (χ0) is 14.7. The molecule has 0 amide bonds. The molecule has 1 aromatic rings. The molecule has 0 spiro atoms. The van der Waals surface area contributed by atoms with Gasteiger partial charge in [0.1, 0.15) is 6.61 Å². The smallest absolute Gasteiger partial charge is 0.283 e. The van der Waals surface area contributed by atoms with Crippen molar-refractivity contribution >= 4 is 15.7 Å². The standard InChI is InChI=1S/C11H16F2N2O3S/c1-2-8-3-4-9(14)5-10(8)19(17,18)15-6-11(12,13)7-16/h3-5,15-16H,2,6-7,14H2,1H3. The van der Waals surface area contributed by atoms with Crippen LogP contribution in [0.5, 0.6) is 0 Å². The van der Waals surface area contributed by atoms with E-state index in [0.29, 0.717) is 12.0 Å². The van der Waals surface area contributed by atoms with Crippen LogP contribution in [-0.2, 0) is 16.4 Å². The maximum absolute atomic E-state index is 12.9. The first kappa shape index (κ1) is 15.8. The lowest BCUT2D eigenvalue weighted by molar-refractivity contribution is -0.0437. The normalized spacial score (nSPS) is 12.6. The Morgan fingerprint density at radius 2 is 2.05 bits per heavy atom. The second kappa shape index (κ2) is 5.81. The number of rotatable bonds is 6. The number of aliphatic hydroxyl groups excluding tert-OH is 1. The van der Waals surface area contributed by atoms with E-state index >= 15 is 0 Å². The fraction of sp³-hybridized carbons (Fsp3) is 0.455. The largest absolute Gasteiger partial charge is 0.399 e. The van der Waals surface area contributed by atoms with Crippen LogP contribution >= 0.6 is 0 Å². The third-order valence-corrected chi connectivity index (χ3v) is 4.00. The predicted molar refractivity (Wildman–Crippen MR) is 67.5 cm³/mol. The van der Waals surface area contributed by atoms with Crippen molar-refractivity contribution in [2.75, 3.05) is 18.9 Å². The van der Waals surface area contributed by atoms with Gasteiger partial charge in [0.25, 0.3) is 5.92 Å². The highest BCUT2D eigenvalue weighted by Gasteiger charge is 2.30. The van der Waals surface area contributed by atoms with Gasteiger partial charge in [-0.15, -0.1) is 0 Å². The fourth-order valence-corrected chi connectivity index (χ4v) is 2.85. The molecule has 8 heteroatoms. The van der Waals surface area contributed by atoms with Crippen LogP contribution in [-0.4, -0.2) is 32.6 Å². The van der Waals surface area contributed by atoms with Gasteiger partial charge >= 0.3 is 0 Å². The molecule has 108 valence electrons. The Morgan fingerprint density at radius 3 is 2.58 bits per heavy atom. The van der Waals surface area contributed by atoms with Gasteiger partial charge in [-0.1, -0.05) is 13.0 Å². The lowest BCUT2D eigenvalue weighted by Gasteiger charge is -2.15. The van der Waals surface area contributed by atoms with Gasteiger partial charge in [-0.2, -0.15) is 0 Å². The molecule has 0 bridgehead atoms. The molecule has 0 atom stereocenters. The molecule has 4 N–H and O–H groups in total. The molecule has 0 saturated carbocycles. The third-order valence-electron chi connectivity index (χ3n) is 2.51. The van der Waals surface area contributed by atoms with Crippen molar-refractivity contribution in [3.05, 3.63) is 23.8 Å². The first-order valence-corrected chi connectivity index (χ1v) is 7.07. The molecule has 0 radical (unpaired) electrons. The summed E-state index contributed by atoms with van der Waals surface area (Å²) in [6, 6.07) is 4.30. The zero-order valence-corrected chi connectivity index (χ0v) is 11.2. The average molecular weight is 294 g/mol. The number of nitrogen functional groups attached to an aromatic ring is 1. The minimum absolute atomic E-state index is 0.122. The molecule has 0 heterocycles. The van der Waals surface area contributed by atoms with Crippen LogP contribution in [0.15, 0.2) is 23.1 Å². The summed E-state index contributed by atoms with van der Waals surface area (Å²) in [5, 5.41) is 8.40. The van der Waals surface area contributed by atoms with Crippen molar-refractivity contribution < 1.29 is 22.3 Å². The number of aryl methyl sites for hydroxylation is 1. The van der Waals surface area contributed by atoms with E-state index in [1.54, 1.807) is 17.7 Å². The van der Waals surface area contributed by atoms with E-state index in [2.05, 4.69) is 0 Å². The van der Waals surface area contributed by atoms with Crippen LogP contribution in [0, 0.1) is 0 Å². The second-order valence-corrected chi connectivity index (χ2v) is 5.79. The van der Waals surface area contributed by atoms with Gasteiger partial charge in [-0.3, -0.25) is 0 Å². The summed E-state index contributed by atoms with van der Waals surface area (Å²) in [5.74, 6) is -3.50. The average Bonchev–Trinajstić information content (AvgIpc) is 2.37. The Morgan fingerprint density at radius 1 is 1.42 bits per heavy atom. The molecular weight excluding hydrogens is 278 g/mol. The number of alkyl halides is 2. The van der Waals surface area contributed by atoms with Crippen LogP contribution < -0.4 is 10.5 Å². The maximum Gasteiger partial charge on any atom is 0.283 e. The Bertz CT molecular complexity index is 547. The number of hydrogen-bond donors (Lipinski definition) is 3. The summed E-state index contributed by atoms with van der Waals surface area (Å²) in [4.78, 5) is -0.122. The molecule has 19 heavy (non-hydrogen) atoms. The predicted octanol–water partition coefficient (Wildman–Crippen LogP) is 0.737. The monoisotopic (exact) mass is 294 g/mol. The van der Waals surface area contributed by atoms with E-state index in [1.807, 2.05) is 0 Å². The summed E-state index contributed by atoms with van der Waals surface area (Å²) >= 11 is 0. The van der Waals surface area contributed by atoms with Crippen molar-refractivity contribution in [2.24, 2.45) is 0 Å². The number of benzene rings is 1. The molecule has 1 aromatic carbocycles. The third kappa shape index (κ3) is 4.12. The molecule has 0 fully saturated rings. The molecule has 0 aromatic heterocycles. The highest BCUT2D eigenvalue weighted by atomic mass is 32.2. The topological polar surface area (TPSA) is 92.4 Å². The number of nitrogens with two attached hydrogens (primary N) is 1. The molecular formula is C11H16F2N2O3S. The van der Waals surface area contributed by atoms with Gasteiger partial charge in [0.15, 0.2) is 0 Å². The number of aliphatic hydroxyl groups is 1. The van der Waals surface area contributed by atoms with Crippen molar-refractivity contribution in [1.82, 2.24) is 4.72 Å². The zero-order valence-electron chi connectivity index (χ0n) is 10.4. The van der Waals surface area contributed by atoms with Crippen molar-refractivity contribution in [2.45, 2.75) is 24.2 Å². The first-order chi connectivity index (χ1) is 8.72. The van der Waals surface area contributed by atoms with Gasteiger partial charge in [-0.05, 0) is 24.1 Å². The van der Waals surface area contributed by atoms with Crippen molar-refractivity contribution in [3.8, 4) is 0 Å². The minimum atomic E-state index is -4.09. The van der Waals surface area contributed by atoms with Crippen LogP contribution in [0.3, 0.4) is 0 Å². The van der Waals surface area contributed by atoms with Gasteiger partial charge < -0.3 is 10.8 Å². The van der Waals surface area contributed by atoms with E-state index in [0.717, 1.165) is 0 Å². The van der Waals surface area contributed by atoms with Gasteiger partial charge in [-0.25, -0.2) is 21.9 Å². The Hall–Kier alpha value is -1.25. The van der Waals surface area contributed by atoms with Crippen molar-refractivity contribution in [1.29, 1.82) is 0 Å². The van der Waals surface area contributed by atoms with E-state index in [4.69, 9.17) is 10.8 Å². The molecule has 0 aliphatic heterocycles. The summed E-state index contributed by atoms with van der Waals surface area (Å²) in [6.07, 6.45) is 0.424. The van der Waals surface area contributed by atoms with Crippen LogP contribution in [0.25, 0.3) is 0 Å². The second-order valence-electron chi connectivity index (χ2n) is 4.06. The Balaban J connectivity index is 3.04. The highest BCUT2D eigenvalue weighted by molar-refractivity contribution is 7.89. The number of sulfonamides is 1. The number of anilines is 1. The lowest BCUT2D eigenvalue weighted by Crippen LogP contribution is -2.39. The minimum Gasteiger partial charge on any atom is -0.399 e. The summed E-state index contributed by atoms with van der Waals surface area (Å²) in [5.41, 5.74) is 6.22. The Labute approximate surface area is 110 Å². The highest BCUT2D eigenvalue weighted by Crippen LogP contribution is 2.20. The van der Waals surface area contributed by atoms with Crippen LogP contribution in [0.4, 0.5) is 14.5 Å². The number of nitrogens with one attached hydrogen (secondary N) is 1. The van der Waals surface area contributed by atoms with Gasteiger partial charge in [0, 0.05) is 5.69 Å². The first-order valence-electron chi connectivity index (χ1n) is 5.58. The summed E-state index contributed by atoms with van der Waals surface area (Å²) in [6.45, 7) is -0.844. The van der Waals surface area contributed by atoms with E-state index in [1.165, 1.54) is 12.1 Å². The molecule has 0 saturated heterocycles. The van der Waals surface area contributed by atoms with Gasteiger partial charge in [0.2, 0.25) is 10.0 Å². The van der Waals surface area contributed by atoms with E-state index in [-0.39, 0.29) is 10.6 Å². The summed E-state index contributed by atoms with van der Waals surface area (Å²) in [7, 11) is -4.09. The van der Waals surface area contributed by atoms with Crippen LogP contribution in [0.1, 0.15) is 12.5 Å². The lowest BCUT2D eigenvalue weighted by atomic mass is 10.1. The molecule has 5 nitrogen and oxygen atoms in total. The molecule has 0 aliphatic carbocycles. The molecule has 0 aliphatic rings. The fourth-order valence-electron chi connectivity index (χ4n) is 1.45. The van der Waals surface area contributed by atoms with E-state index < -0.39 is 29.1 Å². The quantitative estimate of drug-likeness (QED) is 0.675. The van der Waals surface area contributed by atoms with Crippen molar-refractivity contribution in [3.63, 3.8) is 0 Å². The molecule has 1 rings (SSSR count). The SMILES string of the molecule is CCc1ccc(N)cc1S(=O)(=O)NCC(F)(F)CO.